The molecule has 4 nitrogen and oxygen atoms in total. The third-order valence-corrected chi connectivity index (χ3v) is 4.35. The first-order chi connectivity index (χ1) is 10.5. The Kier molecular flexibility index (Phi) is 8.33. The maximum Gasteiger partial charge on any atom is 0.191 e. The van der Waals surface area contributed by atoms with Gasteiger partial charge in [-0.05, 0) is 44.6 Å². The molecule has 0 saturated heterocycles. The summed E-state index contributed by atoms with van der Waals surface area (Å²) in [5, 5.41) is 16.8. The normalized spacial score (nSPS) is 17.7. The highest BCUT2D eigenvalue weighted by Gasteiger charge is 2.34. The van der Waals surface area contributed by atoms with Crippen molar-refractivity contribution >= 4 is 29.9 Å². The van der Waals surface area contributed by atoms with E-state index in [-0.39, 0.29) is 24.0 Å². The minimum absolute atomic E-state index is 0. The van der Waals surface area contributed by atoms with E-state index in [1.54, 1.807) is 0 Å². The van der Waals surface area contributed by atoms with Gasteiger partial charge >= 0.3 is 0 Å². The predicted molar refractivity (Wildman–Crippen MR) is 108 cm³/mol. The Morgan fingerprint density at radius 2 is 2.09 bits per heavy atom. The van der Waals surface area contributed by atoms with E-state index in [1.807, 2.05) is 0 Å². The first-order valence-corrected chi connectivity index (χ1v) is 8.33. The molecule has 3 N–H and O–H groups in total. The molecule has 0 bridgehead atoms. The van der Waals surface area contributed by atoms with Crippen molar-refractivity contribution in [2.75, 3.05) is 19.6 Å². The van der Waals surface area contributed by atoms with Gasteiger partial charge in [-0.3, -0.25) is 4.99 Å². The Bertz CT molecular complexity index is 515. The van der Waals surface area contributed by atoms with E-state index in [9.17, 15) is 5.11 Å². The Labute approximate surface area is 157 Å². The maximum absolute atomic E-state index is 10.2. The van der Waals surface area contributed by atoms with Crippen LogP contribution in [0, 0.1) is 6.92 Å². The van der Waals surface area contributed by atoms with Crippen LogP contribution in [0.2, 0.25) is 0 Å². The molecule has 0 aromatic heterocycles. The molecular weight excluding hydrogens is 401 g/mol. The number of benzene rings is 1. The molecule has 0 heterocycles. The molecule has 1 fully saturated rings. The lowest BCUT2D eigenvalue weighted by Crippen LogP contribution is -2.43. The molecule has 0 radical (unpaired) electrons. The summed E-state index contributed by atoms with van der Waals surface area (Å²) < 4.78 is 0. The lowest BCUT2D eigenvalue weighted by molar-refractivity contribution is -0.0236. The number of halogens is 1. The van der Waals surface area contributed by atoms with Gasteiger partial charge in [0.05, 0.1) is 12.1 Å². The summed E-state index contributed by atoms with van der Waals surface area (Å²) in [4.78, 5) is 4.53. The Morgan fingerprint density at radius 1 is 1.35 bits per heavy atom. The fourth-order valence-electron chi connectivity index (χ4n) is 2.66. The number of nitrogens with zero attached hydrogens (tertiary/aromatic N) is 1. The van der Waals surface area contributed by atoms with Crippen LogP contribution < -0.4 is 10.6 Å². The van der Waals surface area contributed by atoms with Crippen LogP contribution in [-0.4, -0.2) is 36.3 Å². The zero-order valence-electron chi connectivity index (χ0n) is 14.4. The summed E-state index contributed by atoms with van der Waals surface area (Å²) in [7, 11) is 0. The van der Waals surface area contributed by atoms with E-state index >= 15 is 0 Å². The van der Waals surface area contributed by atoms with Gasteiger partial charge in [0, 0.05) is 13.1 Å². The monoisotopic (exact) mass is 431 g/mol. The molecule has 1 saturated carbocycles. The number of aliphatic hydroxyl groups is 1. The summed E-state index contributed by atoms with van der Waals surface area (Å²) in [6.45, 7) is 8.52. The molecule has 1 atom stereocenters. The van der Waals surface area contributed by atoms with Gasteiger partial charge < -0.3 is 15.7 Å². The van der Waals surface area contributed by atoms with Gasteiger partial charge in [0.2, 0.25) is 0 Å². The molecule has 0 amide bonds. The summed E-state index contributed by atoms with van der Waals surface area (Å²) in [6.07, 6.45) is 2.85. The van der Waals surface area contributed by atoms with Gasteiger partial charge in [0.15, 0.2) is 5.96 Å². The second-order valence-electron chi connectivity index (χ2n) is 6.47. The summed E-state index contributed by atoms with van der Waals surface area (Å²) in [5.74, 6) is 1.21. The lowest BCUT2D eigenvalue weighted by atomic mass is 9.80. The van der Waals surface area contributed by atoms with Crippen LogP contribution >= 0.6 is 24.0 Å². The molecule has 5 heteroatoms. The number of hydrogen-bond acceptors (Lipinski definition) is 2. The van der Waals surface area contributed by atoms with Gasteiger partial charge in [-0.25, -0.2) is 0 Å². The van der Waals surface area contributed by atoms with Crippen molar-refractivity contribution in [3.8, 4) is 0 Å². The summed E-state index contributed by atoms with van der Waals surface area (Å²) >= 11 is 0. The molecule has 1 unspecified atom stereocenters. The number of guanidine groups is 1. The van der Waals surface area contributed by atoms with E-state index in [0.29, 0.717) is 12.5 Å². The smallest absolute Gasteiger partial charge is 0.191 e. The molecule has 1 aliphatic rings. The highest BCUT2D eigenvalue weighted by molar-refractivity contribution is 14.0. The third-order valence-electron chi connectivity index (χ3n) is 4.35. The van der Waals surface area contributed by atoms with Gasteiger partial charge in [0.25, 0.3) is 0 Å². The first kappa shape index (κ1) is 20.2. The van der Waals surface area contributed by atoms with Crippen LogP contribution in [0.25, 0.3) is 0 Å². The van der Waals surface area contributed by atoms with Crippen LogP contribution in [0.3, 0.4) is 0 Å². The van der Waals surface area contributed by atoms with Crippen molar-refractivity contribution < 1.29 is 5.11 Å². The number of aliphatic imine (C=N–C) groups is 1. The van der Waals surface area contributed by atoms with E-state index < -0.39 is 5.60 Å². The highest BCUT2D eigenvalue weighted by Crippen LogP contribution is 2.31. The van der Waals surface area contributed by atoms with Gasteiger partial charge in [0.1, 0.15) is 0 Å². The minimum Gasteiger partial charge on any atom is -0.388 e. The maximum atomic E-state index is 10.2. The van der Waals surface area contributed by atoms with Crippen molar-refractivity contribution in [3.63, 3.8) is 0 Å². The van der Waals surface area contributed by atoms with Crippen LogP contribution in [-0.2, 0) is 0 Å². The zero-order valence-corrected chi connectivity index (χ0v) is 16.8. The van der Waals surface area contributed by atoms with Gasteiger partial charge in [-0.2, -0.15) is 0 Å². The van der Waals surface area contributed by atoms with E-state index in [4.69, 9.17) is 0 Å². The SMILES string of the molecule is CCNC(=NCC1(O)CCC1)NCC(C)c1cccc(C)c1.I. The van der Waals surface area contributed by atoms with E-state index in [0.717, 1.165) is 38.3 Å². The zero-order chi connectivity index (χ0) is 16.0. The lowest BCUT2D eigenvalue weighted by Gasteiger charge is -2.35. The van der Waals surface area contributed by atoms with Crippen molar-refractivity contribution in [3.05, 3.63) is 35.4 Å². The van der Waals surface area contributed by atoms with Crippen molar-refractivity contribution in [2.45, 2.75) is 51.6 Å². The predicted octanol–water partition coefficient (Wildman–Crippen LogP) is 3.19. The van der Waals surface area contributed by atoms with Gasteiger partial charge in [-0.15, -0.1) is 24.0 Å². The average Bonchev–Trinajstić information content (AvgIpc) is 2.47. The number of aryl methyl sites for hydroxylation is 1. The highest BCUT2D eigenvalue weighted by atomic mass is 127. The third kappa shape index (κ3) is 6.30. The molecule has 130 valence electrons. The molecule has 1 aromatic rings. The number of nitrogens with one attached hydrogen (secondary N) is 2. The molecule has 0 aliphatic heterocycles. The Hall–Kier alpha value is -0.820. The largest absolute Gasteiger partial charge is 0.388 e. The molecular formula is C18H30IN3O. The van der Waals surface area contributed by atoms with Crippen LogP contribution in [0.5, 0.6) is 0 Å². The molecule has 2 rings (SSSR count). The molecule has 1 aliphatic carbocycles. The minimum atomic E-state index is -0.565. The van der Waals surface area contributed by atoms with Crippen LogP contribution in [0.15, 0.2) is 29.3 Å². The Balaban J connectivity index is 0.00000264. The Morgan fingerprint density at radius 3 is 2.65 bits per heavy atom. The summed E-state index contributed by atoms with van der Waals surface area (Å²) in [6, 6.07) is 8.62. The first-order valence-electron chi connectivity index (χ1n) is 8.33. The van der Waals surface area contributed by atoms with E-state index in [1.165, 1.54) is 11.1 Å². The average molecular weight is 431 g/mol. The number of rotatable bonds is 6. The number of hydrogen-bond donors (Lipinski definition) is 3. The fraction of sp³-hybridized carbons (Fsp3) is 0.611. The van der Waals surface area contributed by atoms with Gasteiger partial charge in [-0.1, -0.05) is 36.8 Å². The van der Waals surface area contributed by atoms with E-state index in [2.05, 4.69) is 60.7 Å². The second kappa shape index (κ2) is 9.47. The molecule has 23 heavy (non-hydrogen) atoms. The second-order valence-corrected chi connectivity index (χ2v) is 6.47. The topological polar surface area (TPSA) is 56.7 Å². The standard InChI is InChI=1S/C18H29N3O.HI/c1-4-19-17(21-13-18(22)9-6-10-18)20-12-15(3)16-8-5-7-14(2)11-16;/h5,7-8,11,15,22H,4,6,9-10,12-13H2,1-3H3,(H2,19,20,21);1H. The molecule has 0 spiro atoms. The van der Waals surface area contributed by atoms with Crippen LogP contribution in [0.4, 0.5) is 0 Å². The van der Waals surface area contributed by atoms with Crippen LogP contribution in [0.1, 0.15) is 50.2 Å². The quantitative estimate of drug-likeness (QED) is 0.369. The van der Waals surface area contributed by atoms with Crippen molar-refractivity contribution in [2.24, 2.45) is 4.99 Å². The fourth-order valence-corrected chi connectivity index (χ4v) is 2.66. The molecule has 1 aromatic carbocycles. The summed E-state index contributed by atoms with van der Waals surface area (Å²) in [5.41, 5.74) is 2.06. The van der Waals surface area contributed by atoms with Crippen molar-refractivity contribution in [1.82, 2.24) is 10.6 Å². The van der Waals surface area contributed by atoms with Crippen molar-refractivity contribution in [1.29, 1.82) is 0 Å².